The van der Waals surface area contributed by atoms with Crippen LogP contribution in [0.1, 0.15) is 78.1 Å². The fraction of sp³-hybridized carbons (Fsp3) is 0.222. The summed E-state index contributed by atoms with van der Waals surface area (Å²) in [6.07, 6.45) is -0.0584. The molecule has 43 heavy (non-hydrogen) atoms. The van der Waals surface area contributed by atoms with Crippen molar-refractivity contribution >= 4 is 46.1 Å². The van der Waals surface area contributed by atoms with E-state index in [1.54, 1.807) is 24.3 Å². The lowest BCUT2D eigenvalue weighted by atomic mass is 9.82. The van der Waals surface area contributed by atoms with Gasteiger partial charge in [-0.25, -0.2) is 0 Å². The number of benzene rings is 4. The van der Waals surface area contributed by atoms with E-state index in [-0.39, 0.29) is 36.6 Å². The second-order valence-corrected chi connectivity index (χ2v) is 11.4. The van der Waals surface area contributed by atoms with Crippen LogP contribution in [0.5, 0.6) is 0 Å². The lowest BCUT2D eigenvalue weighted by molar-refractivity contribution is -0.138. The number of carbonyl (C=O) groups is 4. The van der Waals surface area contributed by atoms with Crippen molar-refractivity contribution in [1.29, 1.82) is 0 Å². The standard InChI is InChI=1S/C36H34N2O5/c1-19-14-20(2)33(21(3)15-19)37-28-11-12-29(32-31(28)35(42)26-8-6-7-9-27(26)36(32)43)38-34-22(4)16-24(17-23(34)5)18-25(39)10-13-30(40)41/h6-9,11-12,14-17,37-38H,10,13,18H2,1-5H3,(H,40,41). The van der Waals surface area contributed by atoms with Crippen molar-refractivity contribution in [2.24, 2.45) is 0 Å². The quantitative estimate of drug-likeness (QED) is 0.167. The molecule has 0 bridgehead atoms. The largest absolute Gasteiger partial charge is 0.481 e. The molecule has 0 fully saturated rings. The molecule has 0 saturated heterocycles. The van der Waals surface area contributed by atoms with Crippen molar-refractivity contribution in [2.75, 3.05) is 10.6 Å². The maximum absolute atomic E-state index is 14.0. The van der Waals surface area contributed by atoms with E-state index in [2.05, 4.69) is 22.8 Å². The summed E-state index contributed by atoms with van der Waals surface area (Å²) >= 11 is 0. The van der Waals surface area contributed by atoms with Gasteiger partial charge in [-0.15, -0.1) is 0 Å². The third-order valence-corrected chi connectivity index (χ3v) is 7.88. The zero-order chi connectivity index (χ0) is 31.0. The number of hydrogen-bond donors (Lipinski definition) is 3. The van der Waals surface area contributed by atoms with E-state index in [0.717, 1.165) is 44.8 Å². The van der Waals surface area contributed by atoms with Gasteiger partial charge in [0.1, 0.15) is 5.78 Å². The average Bonchev–Trinajstić information content (AvgIpc) is 2.94. The lowest BCUT2D eigenvalue weighted by Gasteiger charge is -2.25. The molecular formula is C36H34N2O5. The molecule has 0 heterocycles. The predicted octanol–water partition coefficient (Wildman–Crippen LogP) is 7.47. The third kappa shape index (κ3) is 5.84. The van der Waals surface area contributed by atoms with E-state index in [0.29, 0.717) is 33.6 Å². The SMILES string of the molecule is Cc1cc(C)c(Nc2ccc(Nc3c(C)cc(CC(=O)CCC(=O)O)cc3C)c3c2C(=O)c2ccccc2C3=O)c(C)c1. The number of ketones is 3. The number of carboxylic acids is 1. The Morgan fingerprint density at radius 2 is 1.09 bits per heavy atom. The number of nitrogens with one attached hydrogen (secondary N) is 2. The van der Waals surface area contributed by atoms with Gasteiger partial charge in [0.15, 0.2) is 11.6 Å². The van der Waals surface area contributed by atoms with E-state index in [1.807, 2.05) is 58.9 Å². The van der Waals surface area contributed by atoms with Gasteiger partial charge in [-0.2, -0.15) is 0 Å². The summed E-state index contributed by atoms with van der Waals surface area (Å²) in [4.78, 5) is 51.1. The Morgan fingerprint density at radius 3 is 1.53 bits per heavy atom. The molecule has 0 atom stereocenters. The molecule has 0 aliphatic heterocycles. The topological polar surface area (TPSA) is 113 Å². The van der Waals surface area contributed by atoms with Crippen molar-refractivity contribution in [2.45, 2.75) is 53.9 Å². The second kappa shape index (κ2) is 11.7. The molecule has 3 N–H and O–H groups in total. The molecule has 7 heteroatoms. The van der Waals surface area contributed by atoms with Gasteiger partial charge in [-0.05, 0) is 74.6 Å². The van der Waals surface area contributed by atoms with Crippen LogP contribution in [-0.4, -0.2) is 28.4 Å². The maximum Gasteiger partial charge on any atom is 0.303 e. The fourth-order valence-corrected chi connectivity index (χ4v) is 5.99. The van der Waals surface area contributed by atoms with Gasteiger partial charge in [-0.3, -0.25) is 19.2 Å². The number of Topliss-reactive ketones (excluding diaryl/α,β-unsaturated/α-hetero) is 1. The van der Waals surface area contributed by atoms with E-state index >= 15 is 0 Å². The molecular weight excluding hydrogens is 540 g/mol. The van der Waals surface area contributed by atoms with Crippen LogP contribution < -0.4 is 10.6 Å². The molecule has 0 aromatic heterocycles. The van der Waals surface area contributed by atoms with E-state index < -0.39 is 5.97 Å². The number of rotatable bonds is 9. The van der Waals surface area contributed by atoms with Gasteiger partial charge >= 0.3 is 5.97 Å². The molecule has 0 spiro atoms. The minimum Gasteiger partial charge on any atom is -0.481 e. The van der Waals surface area contributed by atoms with Crippen molar-refractivity contribution in [3.63, 3.8) is 0 Å². The van der Waals surface area contributed by atoms with Crippen molar-refractivity contribution < 1.29 is 24.3 Å². The summed E-state index contributed by atoms with van der Waals surface area (Å²) in [5.41, 5.74) is 9.85. The zero-order valence-corrected chi connectivity index (χ0v) is 25.0. The second-order valence-electron chi connectivity index (χ2n) is 11.4. The van der Waals surface area contributed by atoms with Crippen LogP contribution in [0, 0.1) is 34.6 Å². The monoisotopic (exact) mass is 574 g/mol. The van der Waals surface area contributed by atoms with Gasteiger partial charge in [0.25, 0.3) is 0 Å². The Balaban J connectivity index is 1.57. The van der Waals surface area contributed by atoms with Crippen LogP contribution in [-0.2, 0) is 16.0 Å². The Labute approximate surface area is 251 Å². The first-order chi connectivity index (χ1) is 20.4. The molecule has 4 aromatic rings. The van der Waals surface area contributed by atoms with Gasteiger partial charge in [-0.1, -0.05) is 54.1 Å². The van der Waals surface area contributed by atoms with Gasteiger partial charge in [0.05, 0.1) is 28.9 Å². The molecule has 0 unspecified atom stereocenters. The smallest absolute Gasteiger partial charge is 0.303 e. The van der Waals surface area contributed by atoms with E-state index in [1.165, 1.54) is 0 Å². The Morgan fingerprint density at radius 1 is 0.651 bits per heavy atom. The van der Waals surface area contributed by atoms with Crippen LogP contribution in [0.4, 0.5) is 22.7 Å². The normalized spacial score (nSPS) is 12.0. The van der Waals surface area contributed by atoms with E-state index in [9.17, 15) is 19.2 Å². The number of aliphatic carboxylic acids is 1. The summed E-state index contributed by atoms with van der Waals surface area (Å²) in [5.74, 6) is -1.59. The van der Waals surface area contributed by atoms with Crippen LogP contribution in [0.15, 0.2) is 60.7 Å². The molecule has 1 aliphatic rings. The molecule has 4 aromatic carbocycles. The van der Waals surface area contributed by atoms with Crippen LogP contribution in [0.25, 0.3) is 0 Å². The lowest BCUT2D eigenvalue weighted by Crippen LogP contribution is -2.23. The molecule has 0 amide bonds. The first kappa shape index (κ1) is 29.5. The van der Waals surface area contributed by atoms with Crippen LogP contribution in [0.3, 0.4) is 0 Å². The third-order valence-electron chi connectivity index (χ3n) is 7.88. The Bertz CT molecular complexity index is 1790. The molecule has 1 aliphatic carbocycles. The highest BCUT2D eigenvalue weighted by Gasteiger charge is 2.34. The zero-order valence-electron chi connectivity index (χ0n) is 25.0. The highest BCUT2D eigenvalue weighted by atomic mass is 16.4. The summed E-state index contributed by atoms with van der Waals surface area (Å²) in [5, 5.41) is 15.8. The number of carbonyl (C=O) groups excluding carboxylic acids is 3. The summed E-state index contributed by atoms with van der Waals surface area (Å²) in [6.45, 7) is 9.89. The van der Waals surface area contributed by atoms with E-state index in [4.69, 9.17) is 5.11 Å². The number of aryl methyl sites for hydroxylation is 5. The first-order valence-electron chi connectivity index (χ1n) is 14.3. The van der Waals surface area contributed by atoms with Crippen LogP contribution in [0.2, 0.25) is 0 Å². The summed E-state index contributed by atoms with van der Waals surface area (Å²) < 4.78 is 0. The predicted molar refractivity (Wildman–Crippen MR) is 168 cm³/mol. The maximum atomic E-state index is 14.0. The van der Waals surface area contributed by atoms with Gasteiger partial charge in [0, 0.05) is 35.3 Å². The molecule has 218 valence electrons. The number of hydrogen-bond acceptors (Lipinski definition) is 6. The molecule has 0 saturated carbocycles. The average molecular weight is 575 g/mol. The molecule has 7 nitrogen and oxygen atoms in total. The van der Waals surface area contributed by atoms with Crippen molar-refractivity contribution in [3.8, 4) is 0 Å². The molecule has 0 radical (unpaired) electrons. The highest BCUT2D eigenvalue weighted by molar-refractivity contribution is 6.32. The molecule has 5 rings (SSSR count). The minimum atomic E-state index is -0.996. The fourth-order valence-electron chi connectivity index (χ4n) is 5.99. The Kier molecular flexibility index (Phi) is 8.00. The Hall–Kier alpha value is -5.04. The highest BCUT2D eigenvalue weighted by Crippen LogP contribution is 2.40. The number of anilines is 4. The minimum absolute atomic E-state index is 0.0147. The summed E-state index contributed by atoms with van der Waals surface area (Å²) in [7, 11) is 0. The van der Waals surface area contributed by atoms with Gasteiger partial charge < -0.3 is 15.7 Å². The first-order valence-corrected chi connectivity index (χ1v) is 14.3. The van der Waals surface area contributed by atoms with Crippen molar-refractivity contribution in [1.82, 2.24) is 0 Å². The number of fused-ring (bicyclic) bond motifs is 2. The van der Waals surface area contributed by atoms with Crippen LogP contribution >= 0.6 is 0 Å². The van der Waals surface area contributed by atoms with Gasteiger partial charge in [0.2, 0.25) is 0 Å². The van der Waals surface area contributed by atoms with Crippen molar-refractivity contribution in [3.05, 3.63) is 116 Å². The number of carboxylic acid groups (broad SMARTS) is 1. The summed E-state index contributed by atoms with van der Waals surface area (Å²) in [6, 6.07) is 18.5.